The summed E-state index contributed by atoms with van der Waals surface area (Å²) in [7, 11) is 0. The number of benzene rings is 1. The summed E-state index contributed by atoms with van der Waals surface area (Å²) in [6.07, 6.45) is 2.52. The number of nitrogens with one attached hydrogen (secondary N) is 3. The monoisotopic (exact) mass is 360 g/mol. The van der Waals surface area contributed by atoms with Gasteiger partial charge in [0.15, 0.2) is 0 Å². The van der Waals surface area contributed by atoms with E-state index in [9.17, 15) is 9.59 Å². The van der Waals surface area contributed by atoms with Crippen LogP contribution in [-0.4, -0.2) is 68.7 Å². The van der Waals surface area contributed by atoms with Crippen molar-refractivity contribution in [3.63, 3.8) is 0 Å². The van der Waals surface area contributed by atoms with E-state index in [0.717, 1.165) is 25.2 Å². The van der Waals surface area contributed by atoms with E-state index in [1.165, 1.54) is 12.8 Å². The third-order valence-corrected chi connectivity index (χ3v) is 4.83. The molecule has 2 aliphatic rings. The summed E-state index contributed by atoms with van der Waals surface area (Å²) >= 11 is 0. The first-order valence-corrected chi connectivity index (χ1v) is 9.41. The highest BCUT2D eigenvalue weighted by molar-refractivity contribution is 5.94. The maximum atomic E-state index is 12.2. The van der Waals surface area contributed by atoms with E-state index in [4.69, 9.17) is 4.74 Å². The van der Waals surface area contributed by atoms with E-state index in [1.807, 2.05) is 12.1 Å². The number of nitrogens with zero attached hydrogens (tertiary/aromatic N) is 1. The molecule has 0 saturated carbocycles. The Bertz CT molecular complexity index is 593. The van der Waals surface area contributed by atoms with E-state index >= 15 is 0 Å². The molecule has 0 aliphatic carbocycles. The van der Waals surface area contributed by atoms with Gasteiger partial charge in [-0.2, -0.15) is 0 Å². The van der Waals surface area contributed by atoms with Crippen LogP contribution >= 0.6 is 0 Å². The smallest absolute Gasteiger partial charge is 0.251 e. The molecule has 0 radical (unpaired) electrons. The zero-order valence-electron chi connectivity index (χ0n) is 15.1. The Hall–Kier alpha value is -1.96. The zero-order chi connectivity index (χ0) is 18.2. The predicted octanol–water partition coefficient (Wildman–Crippen LogP) is 0.117. The van der Waals surface area contributed by atoms with Crippen molar-refractivity contribution in [3.05, 3.63) is 35.4 Å². The first-order valence-electron chi connectivity index (χ1n) is 9.41. The Balaban J connectivity index is 1.39. The van der Waals surface area contributed by atoms with E-state index in [0.29, 0.717) is 38.4 Å². The fourth-order valence-corrected chi connectivity index (χ4v) is 3.26. The van der Waals surface area contributed by atoms with Gasteiger partial charge in [-0.1, -0.05) is 12.1 Å². The second-order valence-electron chi connectivity index (χ2n) is 6.80. The summed E-state index contributed by atoms with van der Waals surface area (Å²) in [6.45, 7) is 6.04. The van der Waals surface area contributed by atoms with Crippen LogP contribution in [0.15, 0.2) is 24.3 Å². The highest BCUT2D eigenvalue weighted by Gasteiger charge is 2.20. The second-order valence-corrected chi connectivity index (χ2v) is 6.80. The Morgan fingerprint density at radius 3 is 2.62 bits per heavy atom. The molecule has 26 heavy (non-hydrogen) atoms. The van der Waals surface area contributed by atoms with Gasteiger partial charge in [0.1, 0.15) is 6.04 Å². The lowest BCUT2D eigenvalue weighted by Gasteiger charge is -2.22. The molecule has 1 aromatic carbocycles. The molecule has 2 aliphatic heterocycles. The number of likely N-dealkylation sites (tertiary alicyclic amines) is 1. The molecule has 7 nitrogen and oxygen atoms in total. The van der Waals surface area contributed by atoms with Crippen molar-refractivity contribution in [1.29, 1.82) is 0 Å². The number of amides is 2. The number of morpholine rings is 1. The Labute approximate surface area is 154 Å². The van der Waals surface area contributed by atoms with Gasteiger partial charge in [-0.05, 0) is 43.6 Å². The standard InChI is InChI=1S/C19H28N4O3/c24-18(21-7-11-23-9-1-2-10-23)16-5-3-15(4-6-16)13-22-19(25)17-14-26-12-8-20-17/h3-6,17,20H,1-2,7-14H2,(H,21,24)(H,22,25). The van der Waals surface area contributed by atoms with Crippen LogP contribution in [0.4, 0.5) is 0 Å². The molecule has 2 amide bonds. The third-order valence-electron chi connectivity index (χ3n) is 4.83. The van der Waals surface area contributed by atoms with Gasteiger partial charge in [0.05, 0.1) is 13.2 Å². The Kier molecular flexibility index (Phi) is 6.99. The molecule has 1 unspecified atom stereocenters. The first-order chi connectivity index (χ1) is 12.7. The molecule has 3 rings (SSSR count). The summed E-state index contributed by atoms with van der Waals surface area (Å²) < 4.78 is 5.29. The molecule has 142 valence electrons. The minimum absolute atomic E-state index is 0.0525. The quantitative estimate of drug-likeness (QED) is 0.643. The van der Waals surface area contributed by atoms with E-state index in [2.05, 4.69) is 20.9 Å². The Morgan fingerprint density at radius 2 is 1.92 bits per heavy atom. The average molecular weight is 360 g/mol. The average Bonchev–Trinajstić information content (AvgIpc) is 3.20. The van der Waals surface area contributed by atoms with Crippen molar-refractivity contribution in [2.75, 3.05) is 45.9 Å². The van der Waals surface area contributed by atoms with E-state index < -0.39 is 0 Å². The van der Waals surface area contributed by atoms with Crippen molar-refractivity contribution in [2.45, 2.75) is 25.4 Å². The number of carbonyl (C=O) groups is 2. The van der Waals surface area contributed by atoms with Crippen LogP contribution in [-0.2, 0) is 16.1 Å². The van der Waals surface area contributed by atoms with Crippen molar-refractivity contribution in [1.82, 2.24) is 20.9 Å². The van der Waals surface area contributed by atoms with Crippen LogP contribution in [0.5, 0.6) is 0 Å². The number of hydrogen-bond donors (Lipinski definition) is 3. The van der Waals surface area contributed by atoms with Gasteiger partial charge in [-0.25, -0.2) is 0 Å². The fourth-order valence-electron chi connectivity index (χ4n) is 3.26. The molecule has 0 bridgehead atoms. The molecule has 0 spiro atoms. The number of rotatable bonds is 7. The topological polar surface area (TPSA) is 82.7 Å². The minimum Gasteiger partial charge on any atom is -0.378 e. The maximum absolute atomic E-state index is 12.2. The van der Waals surface area contributed by atoms with Gasteiger partial charge in [-0.3, -0.25) is 9.59 Å². The maximum Gasteiger partial charge on any atom is 0.251 e. The molecule has 7 heteroatoms. The minimum atomic E-state index is -0.288. The molecule has 3 N–H and O–H groups in total. The normalized spacial score (nSPS) is 20.7. The third kappa shape index (κ3) is 5.52. The summed E-state index contributed by atoms with van der Waals surface area (Å²) in [5.74, 6) is -0.114. The number of carbonyl (C=O) groups excluding carboxylic acids is 2. The molecule has 2 saturated heterocycles. The number of ether oxygens (including phenoxy) is 1. The molecule has 1 aromatic rings. The van der Waals surface area contributed by atoms with Crippen molar-refractivity contribution >= 4 is 11.8 Å². The van der Waals surface area contributed by atoms with Crippen LogP contribution in [0.1, 0.15) is 28.8 Å². The van der Waals surface area contributed by atoms with Crippen LogP contribution < -0.4 is 16.0 Å². The largest absolute Gasteiger partial charge is 0.378 e. The molecule has 1 atom stereocenters. The lowest BCUT2D eigenvalue weighted by Crippen LogP contribution is -2.51. The van der Waals surface area contributed by atoms with Gasteiger partial charge in [0.2, 0.25) is 5.91 Å². The van der Waals surface area contributed by atoms with Gasteiger partial charge in [0.25, 0.3) is 5.91 Å². The van der Waals surface area contributed by atoms with Gasteiger partial charge in [0, 0.05) is 31.7 Å². The van der Waals surface area contributed by atoms with Crippen LogP contribution in [0.2, 0.25) is 0 Å². The van der Waals surface area contributed by atoms with Crippen LogP contribution in [0.3, 0.4) is 0 Å². The van der Waals surface area contributed by atoms with Gasteiger partial charge < -0.3 is 25.6 Å². The fraction of sp³-hybridized carbons (Fsp3) is 0.579. The molecular weight excluding hydrogens is 332 g/mol. The number of hydrogen-bond acceptors (Lipinski definition) is 5. The molecule has 0 aromatic heterocycles. The molecule has 2 fully saturated rings. The summed E-state index contributed by atoms with van der Waals surface area (Å²) in [6, 6.07) is 7.06. The predicted molar refractivity (Wildman–Crippen MR) is 98.9 cm³/mol. The highest BCUT2D eigenvalue weighted by Crippen LogP contribution is 2.07. The molecule has 2 heterocycles. The van der Waals surface area contributed by atoms with Crippen molar-refractivity contribution in [3.8, 4) is 0 Å². The summed E-state index contributed by atoms with van der Waals surface area (Å²) in [5.41, 5.74) is 1.60. The first kappa shape index (κ1) is 18.8. The SMILES string of the molecule is O=C(NCCN1CCCC1)c1ccc(CNC(=O)C2COCCN2)cc1. The second kappa shape index (κ2) is 9.66. The lowest BCUT2D eigenvalue weighted by molar-refractivity contribution is -0.126. The van der Waals surface area contributed by atoms with E-state index in [1.54, 1.807) is 12.1 Å². The zero-order valence-corrected chi connectivity index (χ0v) is 15.1. The van der Waals surface area contributed by atoms with E-state index in [-0.39, 0.29) is 17.9 Å². The van der Waals surface area contributed by atoms with Crippen LogP contribution in [0.25, 0.3) is 0 Å². The van der Waals surface area contributed by atoms with Gasteiger partial charge >= 0.3 is 0 Å². The summed E-state index contributed by atoms with van der Waals surface area (Å²) in [4.78, 5) is 26.6. The van der Waals surface area contributed by atoms with Crippen molar-refractivity contribution < 1.29 is 14.3 Å². The Morgan fingerprint density at radius 1 is 1.15 bits per heavy atom. The van der Waals surface area contributed by atoms with Gasteiger partial charge in [-0.15, -0.1) is 0 Å². The van der Waals surface area contributed by atoms with Crippen molar-refractivity contribution in [2.24, 2.45) is 0 Å². The van der Waals surface area contributed by atoms with Crippen LogP contribution in [0, 0.1) is 0 Å². The molecular formula is C19H28N4O3. The lowest BCUT2D eigenvalue weighted by atomic mass is 10.1. The summed E-state index contributed by atoms with van der Waals surface area (Å²) in [5, 5.41) is 8.99. The highest BCUT2D eigenvalue weighted by atomic mass is 16.5.